The quantitative estimate of drug-likeness (QED) is 0.182. The molecule has 12 nitrogen and oxygen atoms in total. The number of aromatic hydroxyl groups is 1. The number of phenols is 1. The van der Waals surface area contributed by atoms with Crippen LogP contribution in [0.2, 0.25) is 0 Å². The number of hydrogen-bond donors (Lipinski definition) is 1. The normalized spacial score (nSPS) is 18.3. The molecule has 7 rings (SSSR count). The summed E-state index contributed by atoms with van der Waals surface area (Å²) in [6.45, 7) is 3.70. The average molecular weight is 644 g/mol. The zero-order valence-electron chi connectivity index (χ0n) is 25.7. The Kier molecular flexibility index (Phi) is 7.44. The van der Waals surface area contributed by atoms with Gasteiger partial charge < -0.3 is 20.1 Å². The summed E-state index contributed by atoms with van der Waals surface area (Å²) in [4.78, 5) is 55.0. The van der Waals surface area contributed by atoms with Crippen molar-refractivity contribution in [3.8, 4) is 22.7 Å². The van der Waals surface area contributed by atoms with Crippen LogP contribution in [0.3, 0.4) is 0 Å². The fraction of sp³-hybridized carbons (Fsp3) is 0.364. The summed E-state index contributed by atoms with van der Waals surface area (Å²) in [6, 6.07) is 3.96. The lowest BCUT2D eigenvalue weighted by atomic mass is 10.1. The maximum absolute atomic E-state index is 16.1. The Hall–Kier alpha value is -5.27. The van der Waals surface area contributed by atoms with Crippen LogP contribution < -0.4 is 15.3 Å². The molecule has 1 N–H and O–H groups in total. The van der Waals surface area contributed by atoms with Crippen LogP contribution in [0.1, 0.15) is 62.8 Å². The van der Waals surface area contributed by atoms with Gasteiger partial charge in [0.15, 0.2) is 28.8 Å². The molecule has 14 heteroatoms. The molecule has 1 saturated heterocycles. The molecule has 0 spiro atoms. The van der Waals surface area contributed by atoms with E-state index in [2.05, 4.69) is 15.0 Å². The molecular weight excluding hydrogens is 612 g/mol. The molecular formula is C33H31F2N7O5. The maximum atomic E-state index is 16.1. The van der Waals surface area contributed by atoms with Crippen LogP contribution in [0.15, 0.2) is 47.5 Å². The summed E-state index contributed by atoms with van der Waals surface area (Å²) in [7, 11) is 0. The van der Waals surface area contributed by atoms with Crippen LogP contribution in [0.5, 0.6) is 5.75 Å². The summed E-state index contributed by atoms with van der Waals surface area (Å²) in [5.41, 5.74) is -1.09. The number of ketones is 1. The molecule has 2 aliphatic carbocycles. The zero-order chi connectivity index (χ0) is 33.1. The van der Waals surface area contributed by atoms with Gasteiger partial charge in [-0.3, -0.25) is 9.59 Å². The summed E-state index contributed by atoms with van der Waals surface area (Å²) in [6.07, 6.45) is 7.15. The highest BCUT2D eigenvalue weighted by atomic mass is 19.1. The molecule has 3 aliphatic rings. The molecule has 4 aromatic rings. The van der Waals surface area contributed by atoms with Gasteiger partial charge in [-0.2, -0.15) is 4.98 Å². The van der Waals surface area contributed by atoms with Gasteiger partial charge in [0.25, 0.3) is 0 Å². The largest absolute Gasteiger partial charge is 0.710 e. The third-order valence-electron chi connectivity index (χ3n) is 8.91. The topological polar surface area (TPSA) is 148 Å². The Morgan fingerprint density at radius 3 is 2.32 bits per heavy atom. The fourth-order valence-electron chi connectivity index (χ4n) is 6.34. The lowest BCUT2D eigenvalue weighted by Crippen LogP contribution is -2.54. The second-order valence-corrected chi connectivity index (χ2v) is 12.4. The van der Waals surface area contributed by atoms with Crippen molar-refractivity contribution in [3.63, 3.8) is 0 Å². The van der Waals surface area contributed by atoms with E-state index in [9.17, 15) is 24.7 Å². The van der Waals surface area contributed by atoms with Crippen LogP contribution in [-0.4, -0.2) is 66.9 Å². The van der Waals surface area contributed by atoms with Crippen molar-refractivity contribution < 1.29 is 28.2 Å². The molecule has 47 heavy (non-hydrogen) atoms. The number of fused-ring (bicyclic) bond motifs is 1. The van der Waals surface area contributed by atoms with E-state index in [1.54, 1.807) is 16.7 Å². The van der Waals surface area contributed by atoms with Crippen molar-refractivity contribution in [3.05, 3.63) is 81.5 Å². The average Bonchev–Trinajstić information content (AvgIpc) is 3.95. The Balaban J connectivity index is 1.47. The maximum Gasteiger partial charge on any atom is 0.442 e. The minimum atomic E-state index is -1.13. The van der Waals surface area contributed by atoms with Gasteiger partial charge >= 0.3 is 11.3 Å². The Morgan fingerprint density at radius 1 is 1.04 bits per heavy atom. The molecule has 2 saturated carbocycles. The van der Waals surface area contributed by atoms with Crippen LogP contribution in [0.25, 0.3) is 28.0 Å². The summed E-state index contributed by atoms with van der Waals surface area (Å²) >= 11 is 0. The van der Waals surface area contributed by atoms with Gasteiger partial charge in [0.1, 0.15) is 28.8 Å². The number of carbonyl (C=O) groups excluding carboxylic acids is 2. The van der Waals surface area contributed by atoms with Crippen LogP contribution >= 0.6 is 0 Å². The number of phenolic OH excluding ortho intramolecular Hbond substituents is 1. The zero-order valence-corrected chi connectivity index (χ0v) is 25.7. The molecule has 3 fully saturated rings. The van der Waals surface area contributed by atoms with E-state index in [1.165, 1.54) is 31.5 Å². The smallest absolute Gasteiger partial charge is 0.442 e. The highest BCUT2D eigenvalue weighted by Gasteiger charge is 2.40. The van der Waals surface area contributed by atoms with E-state index >= 15 is 8.78 Å². The van der Waals surface area contributed by atoms with E-state index in [0.29, 0.717) is 17.1 Å². The van der Waals surface area contributed by atoms with Crippen LogP contribution in [0.4, 0.5) is 14.6 Å². The SMILES string of the molecule is CC(=O)/C=C/C(=O)N1CCN(c2nc(=O)n(-c3c(C4CC4)ncnc3C3CC3)c3c2cc(F)c(-c2c(O)cccc2F)[n+]3[O-])[C@@H](C)C1. The number of allylic oxidation sites excluding steroid dienone is 1. The summed E-state index contributed by atoms with van der Waals surface area (Å²) in [5.74, 6) is -3.35. The lowest BCUT2D eigenvalue weighted by Gasteiger charge is -2.40. The lowest BCUT2D eigenvalue weighted by molar-refractivity contribution is -0.569. The number of halogens is 2. The number of hydrogen-bond acceptors (Lipinski definition) is 9. The van der Waals surface area contributed by atoms with E-state index in [1.807, 2.05) is 0 Å². The Morgan fingerprint density at radius 2 is 1.72 bits per heavy atom. The van der Waals surface area contributed by atoms with Gasteiger partial charge in [-0.05, 0) is 63.8 Å². The molecule has 1 atom stereocenters. The molecule has 0 unspecified atom stereocenters. The first-order valence-corrected chi connectivity index (χ1v) is 15.5. The predicted octanol–water partition coefficient (Wildman–Crippen LogP) is 3.40. The monoisotopic (exact) mass is 643 g/mol. The number of carbonyl (C=O) groups is 2. The van der Waals surface area contributed by atoms with Crippen molar-refractivity contribution in [2.75, 3.05) is 24.5 Å². The summed E-state index contributed by atoms with van der Waals surface area (Å²) < 4.78 is 32.5. The number of piperazine rings is 1. The van der Waals surface area contributed by atoms with Gasteiger partial charge in [-0.1, -0.05) is 6.07 Å². The molecule has 242 valence electrons. The third kappa shape index (κ3) is 5.36. The molecule has 0 bridgehead atoms. The standard InChI is InChI=1S/C33H31F2N7O5/c1-17-15-39(25(45)11-6-18(2)43)12-13-40(17)31-21-14-23(35)29(26-22(34)4-3-5-24(26)44)42(47)32(21)41(33(46)38-31)30-27(19-7-8-19)36-16-37-28(30)20-9-10-20/h3-6,11,14,16-17,19-20,44H,7-10,12-13,15H2,1-2H3/b11-6+/t17-/m0/s1. The first-order valence-electron chi connectivity index (χ1n) is 15.5. The molecule has 1 aromatic carbocycles. The number of nitrogens with zero attached hydrogens (tertiary/aromatic N) is 7. The number of aromatic nitrogens is 5. The Labute approximate surface area is 267 Å². The van der Waals surface area contributed by atoms with Crippen LogP contribution in [-0.2, 0) is 9.59 Å². The van der Waals surface area contributed by atoms with Crippen molar-refractivity contribution in [2.45, 2.75) is 57.4 Å². The number of amides is 1. The highest BCUT2D eigenvalue weighted by Crippen LogP contribution is 2.47. The predicted molar refractivity (Wildman–Crippen MR) is 166 cm³/mol. The first kappa shape index (κ1) is 30.4. The van der Waals surface area contributed by atoms with Crippen molar-refractivity contribution in [1.29, 1.82) is 0 Å². The van der Waals surface area contributed by atoms with E-state index in [4.69, 9.17) is 0 Å². The molecule has 1 amide bonds. The summed E-state index contributed by atoms with van der Waals surface area (Å²) in [5, 5.41) is 25.0. The van der Waals surface area contributed by atoms with Gasteiger partial charge in [0, 0.05) is 43.6 Å². The number of rotatable bonds is 7. The van der Waals surface area contributed by atoms with E-state index in [-0.39, 0.29) is 64.7 Å². The van der Waals surface area contributed by atoms with Crippen LogP contribution in [0, 0.1) is 16.8 Å². The van der Waals surface area contributed by atoms with Crippen molar-refractivity contribution in [1.82, 2.24) is 24.4 Å². The van der Waals surface area contributed by atoms with E-state index in [0.717, 1.165) is 48.4 Å². The molecule has 4 heterocycles. The van der Waals surface area contributed by atoms with Gasteiger partial charge in [-0.15, -0.1) is 4.57 Å². The molecule has 0 radical (unpaired) electrons. The van der Waals surface area contributed by atoms with Crippen molar-refractivity contribution >= 4 is 28.5 Å². The second kappa shape index (κ2) is 11.5. The third-order valence-corrected chi connectivity index (χ3v) is 8.91. The number of anilines is 1. The fourth-order valence-corrected chi connectivity index (χ4v) is 6.34. The van der Waals surface area contributed by atoms with Gasteiger partial charge in [0.2, 0.25) is 5.91 Å². The number of pyridine rings is 1. The minimum Gasteiger partial charge on any atom is -0.710 e. The highest BCUT2D eigenvalue weighted by molar-refractivity contribution is 5.97. The molecule has 3 aromatic heterocycles. The van der Waals surface area contributed by atoms with E-state index < -0.39 is 40.4 Å². The Bertz CT molecular complexity index is 2010. The minimum absolute atomic E-state index is 0.0192. The van der Waals surface area contributed by atoms with Crippen molar-refractivity contribution in [2.24, 2.45) is 0 Å². The van der Waals surface area contributed by atoms with Gasteiger partial charge in [-0.25, -0.2) is 28.3 Å². The molecule has 1 aliphatic heterocycles. The first-order chi connectivity index (χ1) is 22.5. The second-order valence-electron chi connectivity index (χ2n) is 12.4. The van der Waals surface area contributed by atoms with Gasteiger partial charge in [0.05, 0.1) is 11.4 Å². The number of benzene rings is 1.